The molecule has 0 saturated heterocycles. The molecule has 0 fully saturated rings. The summed E-state index contributed by atoms with van der Waals surface area (Å²) in [5.41, 5.74) is 10.7. The minimum atomic E-state index is -0.528. The molecule has 0 spiro atoms. The molecule has 0 radical (unpaired) electrons. The van der Waals surface area contributed by atoms with Gasteiger partial charge in [0.25, 0.3) is 5.91 Å². The number of nitrogens with one attached hydrogen (secondary N) is 2. The largest absolute Gasteiger partial charge is 0.466 e. The molecule has 186 valence electrons. The third kappa shape index (κ3) is 6.08. The first-order chi connectivity index (χ1) is 16.8. The van der Waals surface area contributed by atoms with Gasteiger partial charge in [0.2, 0.25) is 5.91 Å². The van der Waals surface area contributed by atoms with Crippen LogP contribution in [-0.4, -0.2) is 36.0 Å². The van der Waals surface area contributed by atoms with Crippen LogP contribution in [0.4, 0.5) is 5.69 Å². The van der Waals surface area contributed by atoms with E-state index in [9.17, 15) is 14.4 Å². The minimum Gasteiger partial charge on any atom is -0.466 e. The van der Waals surface area contributed by atoms with Crippen molar-refractivity contribution >= 4 is 34.4 Å². The van der Waals surface area contributed by atoms with Gasteiger partial charge in [-0.05, 0) is 68.5 Å². The molecule has 1 heterocycles. The highest BCUT2D eigenvalue weighted by Gasteiger charge is 2.20. The number of nitrogens with zero attached hydrogens (tertiary/aromatic N) is 1. The summed E-state index contributed by atoms with van der Waals surface area (Å²) in [4.78, 5) is 37.2. The lowest BCUT2D eigenvalue weighted by molar-refractivity contribution is -0.143. The van der Waals surface area contributed by atoms with Crippen LogP contribution in [0.3, 0.4) is 0 Å². The second-order valence-corrected chi connectivity index (χ2v) is 8.55. The molecule has 1 unspecified atom stereocenters. The second kappa shape index (κ2) is 11.7. The minimum absolute atomic E-state index is 0.180. The Bertz CT molecular complexity index is 1230. The normalized spacial score (nSPS) is 11.8. The van der Waals surface area contributed by atoms with Gasteiger partial charge in [-0.3, -0.25) is 14.4 Å². The summed E-state index contributed by atoms with van der Waals surface area (Å²) < 4.78 is 6.89. The van der Waals surface area contributed by atoms with Crippen LogP contribution < -0.4 is 16.4 Å². The summed E-state index contributed by atoms with van der Waals surface area (Å²) in [6.07, 6.45) is 3.48. The maximum Gasteiger partial charge on any atom is 0.305 e. The standard InChI is InChI=1S/C27H34N4O4/c1-5-35-25(32)8-6-7-20-10-9-19(15-28)13-23(20)30-26(33)18(3)31-16-17(2)22-12-11-21(14-24(22)31)27(34)29-4/h9-14,16,18H,5-8,15,28H2,1-4H3,(H,29,34)(H,30,33). The molecule has 8 nitrogen and oxygen atoms in total. The number of aryl methyl sites for hydroxylation is 2. The maximum atomic E-state index is 13.3. The van der Waals surface area contributed by atoms with Crippen LogP contribution in [0.2, 0.25) is 0 Å². The molecule has 35 heavy (non-hydrogen) atoms. The predicted molar refractivity (Wildman–Crippen MR) is 137 cm³/mol. The van der Waals surface area contributed by atoms with E-state index in [1.54, 1.807) is 26.1 Å². The Morgan fingerprint density at radius 1 is 1.14 bits per heavy atom. The molecule has 0 bridgehead atoms. The molecule has 0 aliphatic carbocycles. The van der Waals surface area contributed by atoms with E-state index >= 15 is 0 Å². The highest BCUT2D eigenvalue weighted by atomic mass is 16.5. The van der Waals surface area contributed by atoms with Gasteiger partial charge < -0.3 is 25.7 Å². The van der Waals surface area contributed by atoms with Crippen LogP contribution in [0.15, 0.2) is 42.6 Å². The summed E-state index contributed by atoms with van der Waals surface area (Å²) in [5, 5.41) is 6.68. The van der Waals surface area contributed by atoms with Crippen molar-refractivity contribution in [2.75, 3.05) is 19.0 Å². The number of ether oxygens (including phenoxy) is 1. The number of nitrogens with two attached hydrogens (primary N) is 1. The molecule has 2 aromatic carbocycles. The van der Waals surface area contributed by atoms with Gasteiger partial charge in [-0.1, -0.05) is 18.2 Å². The van der Waals surface area contributed by atoms with Gasteiger partial charge in [-0.25, -0.2) is 0 Å². The lowest BCUT2D eigenvalue weighted by atomic mass is 10.0. The van der Waals surface area contributed by atoms with Gasteiger partial charge in [0.1, 0.15) is 6.04 Å². The summed E-state index contributed by atoms with van der Waals surface area (Å²) in [6.45, 7) is 6.31. The lowest BCUT2D eigenvalue weighted by Crippen LogP contribution is -2.24. The van der Waals surface area contributed by atoms with Crippen molar-refractivity contribution in [1.82, 2.24) is 9.88 Å². The van der Waals surface area contributed by atoms with Gasteiger partial charge in [0, 0.05) is 48.4 Å². The van der Waals surface area contributed by atoms with Crippen LogP contribution in [0.1, 0.15) is 59.8 Å². The molecule has 1 aromatic heterocycles. The molecule has 0 saturated carbocycles. The molecule has 0 aliphatic heterocycles. The van der Waals surface area contributed by atoms with Crippen molar-refractivity contribution in [2.45, 2.75) is 52.6 Å². The Kier molecular flexibility index (Phi) is 8.65. The molecule has 8 heteroatoms. The molecule has 3 rings (SSSR count). The highest BCUT2D eigenvalue weighted by molar-refractivity contribution is 6.00. The first-order valence-corrected chi connectivity index (χ1v) is 11.9. The second-order valence-electron chi connectivity index (χ2n) is 8.55. The van der Waals surface area contributed by atoms with Gasteiger partial charge in [-0.2, -0.15) is 0 Å². The molecular weight excluding hydrogens is 444 g/mol. The van der Waals surface area contributed by atoms with E-state index in [0.717, 1.165) is 27.6 Å². The van der Waals surface area contributed by atoms with E-state index in [2.05, 4.69) is 10.6 Å². The van der Waals surface area contributed by atoms with Crippen LogP contribution in [-0.2, 0) is 27.3 Å². The zero-order chi connectivity index (χ0) is 25.5. The van der Waals surface area contributed by atoms with E-state index in [1.165, 1.54) is 0 Å². The van der Waals surface area contributed by atoms with Crippen molar-refractivity contribution in [2.24, 2.45) is 5.73 Å². The number of carbonyl (C=O) groups is 3. The van der Waals surface area contributed by atoms with Crippen LogP contribution in [0, 0.1) is 6.92 Å². The smallest absolute Gasteiger partial charge is 0.305 e. The van der Waals surface area contributed by atoms with Gasteiger partial charge in [0.15, 0.2) is 0 Å². The lowest BCUT2D eigenvalue weighted by Gasteiger charge is -2.18. The van der Waals surface area contributed by atoms with Crippen LogP contribution >= 0.6 is 0 Å². The van der Waals surface area contributed by atoms with Gasteiger partial charge >= 0.3 is 5.97 Å². The number of esters is 1. The molecule has 1 atom stereocenters. The quantitative estimate of drug-likeness (QED) is 0.383. The number of hydrogen-bond donors (Lipinski definition) is 3. The zero-order valence-corrected chi connectivity index (χ0v) is 20.8. The van der Waals surface area contributed by atoms with E-state index in [1.807, 2.05) is 48.9 Å². The van der Waals surface area contributed by atoms with Gasteiger partial charge in [0.05, 0.1) is 6.61 Å². The fourth-order valence-corrected chi connectivity index (χ4v) is 4.14. The fourth-order valence-electron chi connectivity index (χ4n) is 4.14. The molecule has 0 aliphatic rings. The van der Waals surface area contributed by atoms with Crippen molar-refractivity contribution < 1.29 is 19.1 Å². The molecule has 4 N–H and O–H groups in total. The number of anilines is 1. The average Bonchev–Trinajstić information content (AvgIpc) is 3.19. The first kappa shape index (κ1) is 26.0. The van der Waals surface area contributed by atoms with E-state index < -0.39 is 6.04 Å². The van der Waals surface area contributed by atoms with Crippen molar-refractivity contribution in [1.29, 1.82) is 0 Å². The first-order valence-electron chi connectivity index (χ1n) is 11.9. The molecule has 3 aromatic rings. The molecule has 2 amide bonds. The van der Waals surface area contributed by atoms with Crippen LogP contribution in [0.25, 0.3) is 10.9 Å². The number of carbonyl (C=O) groups excluding carboxylic acids is 3. The van der Waals surface area contributed by atoms with E-state index in [4.69, 9.17) is 10.5 Å². The number of rotatable bonds is 10. The Labute approximate surface area is 205 Å². The fraction of sp³-hybridized carbons (Fsp3) is 0.370. The Balaban J connectivity index is 1.84. The third-order valence-electron chi connectivity index (χ3n) is 6.12. The number of benzene rings is 2. The third-order valence-corrected chi connectivity index (χ3v) is 6.12. The van der Waals surface area contributed by atoms with Crippen molar-refractivity contribution in [3.05, 3.63) is 64.8 Å². The zero-order valence-electron chi connectivity index (χ0n) is 20.8. The topological polar surface area (TPSA) is 115 Å². The number of fused-ring (bicyclic) bond motifs is 1. The van der Waals surface area contributed by atoms with Crippen molar-refractivity contribution in [3.8, 4) is 0 Å². The summed E-state index contributed by atoms with van der Waals surface area (Å²) >= 11 is 0. The molecular formula is C27H34N4O4. The van der Waals surface area contributed by atoms with Gasteiger partial charge in [-0.15, -0.1) is 0 Å². The Morgan fingerprint density at radius 2 is 1.91 bits per heavy atom. The van der Waals surface area contributed by atoms with E-state index in [0.29, 0.717) is 43.7 Å². The Morgan fingerprint density at radius 3 is 2.60 bits per heavy atom. The Hall–Kier alpha value is -3.65. The maximum absolute atomic E-state index is 13.3. The monoisotopic (exact) mass is 478 g/mol. The van der Waals surface area contributed by atoms with Crippen LogP contribution in [0.5, 0.6) is 0 Å². The predicted octanol–water partition coefficient (Wildman–Crippen LogP) is 3.85. The summed E-state index contributed by atoms with van der Waals surface area (Å²) in [7, 11) is 1.59. The van der Waals surface area contributed by atoms with E-state index in [-0.39, 0.29) is 17.8 Å². The average molecular weight is 479 g/mol. The number of hydrogen-bond acceptors (Lipinski definition) is 5. The highest BCUT2D eigenvalue weighted by Crippen LogP contribution is 2.27. The number of amides is 2. The summed E-state index contributed by atoms with van der Waals surface area (Å²) in [5.74, 6) is -0.593. The SMILES string of the molecule is CCOC(=O)CCCc1ccc(CN)cc1NC(=O)C(C)n1cc(C)c2ccc(C(=O)NC)cc21. The number of aromatic nitrogens is 1. The summed E-state index contributed by atoms with van der Waals surface area (Å²) in [6, 6.07) is 10.7. The van der Waals surface area contributed by atoms with Crippen molar-refractivity contribution in [3.63, 3.8) is 0 Å².